The Morgan fingerprint density at radius 1 is 1.12 bits per heavy atom. The van der Waals surface area contributed by atoms with E-state index in [1.54, 1.807) is 7.11 Å². The fourth-order valence-electron chi connectivity index (χ4n) is 3.61. The van der Waals surface area contributed by atoms with Crippen LogP contribution < -0.4 is 10.1 Å². The van der Waals surface area contributed by atoms with Gasteiger partial charge in [-0.1, -0.05) is 30.3 Å². The summed E-state index contributed by atoms with van der Waals surface area (Å²) in [5, 5.41) is 4.58. The molecule has 0 bridgehead atoms. The van der Waals surface area contributed by atoms with Crippen LogP contribution in [0.5, 0.6) is 5.75 Å². The maximum Gasteiger partial charge on any atom is 0.323 e. The van der Waals surface area contributed by atoms with Crippen molar-refractivity contribution >= 4 is 29.3 Å². The number of halogens is 1. The van der Waals surface area contributed by atoms with Crippen LogP contribution in [-0.2, 0) is 16.0 Å². The number of rotatable bonds is 3. The van der Waals surface area contributed by atoms with Gasteiger partial charge in [-0.25, -0.2) is 0 Å². The van der Waals surface area contributed by atoms with E-state index in [4.69, 9.17) is 9.47 Å². The Kier molecular flexibility index (Phi) is 5.20. The van der Waals surface area contributed by atoms with E-state index in [1.807, 2.05) is 36.4 Å². The molecule has 2 N–H and O–H groups in total. The molecule has 1 aromatic heterocycles. The highest BCUT2D eigenvalue weighted by Crippen LogP contribution is 2.36. The van der Waals surface area contributed by atoms with Crippen molar-refractivity contribution < 1.29 is 14.3 Å². The van der Waals surface area contributed by atoms with Crippen LogP contribution in [0.15, 0.2) is 48.5 Å². The summed E-state index contributed by atoms with van der Waals surface area (Å²) in [6.45, 7) is 0. The molecule has 6 heteroatoms. The molecule has 0 fully saturated rings. The van der Waals surface area contributed by atoms with E-state index >= 15 is 0 Å². The lowest BCUT2D eigenvalue weighted by Crippen LogP contribution is -2.45. The van der Waals surface area contributed by atoms with Crippen LogP contribution in [0.4, 0.5) is 0 Å². The lowest BCUT2D eigenvalue weighted by Gasteiger charge is -2.30. The quantitative estimate of drug-likeness (QED) is 0.692. The molecule has 0 amide bonds. The number of carbonyl (C=O) groups excluding carboxylic acids is 1. The van der Waals surface area contributed by atoms with Crippen LogP contribution >= 0.6 is 12.4 Å². The van der Waals surface area contributed by atoms with E-state index in [2.05, 4.69) is 22.4 Å². The van der Waals surface area contributed by atoms with Gasteiger partial charge in [-0.2, -0.15) is 0 Å². The van der Waals surface area contributed by atoms with Gasteiger partial charge in [0.1, 0.15) is 11.8 Å². The molecule has 2 heterocycles. The predicted molar refractivity (Wildman–Crippen MR) is 103 cm³/mol. The maximum absolute atomic E-state index is 12.2. The Morgan fingerprint density at radius 3 is 2.69 bits per heavy atom. The molecule has 0 aliphatic carbocycles. The number of esters is 1. The third-order valence-electron chi connectivity index (χ3n) is 4.82. The summed E-state index contributed by atoms with van der Waals surface area (Å²) in [6, 6.07) is 15.6. The summed E-state index contributed by atoms with van der Waals surface area (Å²) < 4.78 is 10.3. The molecule has 2 atom stereocenters. The number of carbonyl (C=O) groups is 1. The van der Waals surface area contributed by atoms with Crippen LogP contribution in [0.1, 0.15) is 22.9 Å². The maximum atomic E-state index is 12.2. The zero-order chi connectivity index (χ0) is 17.4. The van der Waals surface area contributed by atoms with Gasteiger partial charge in [0.25, 0.3) is 0 Å². The van der Waals surface area contributed by atoms with E-state index < -0.39 is 0 Å². The first-order valence-corrected chi connectivity index (χ1v) is 8.28. The van der Waals surface area contributed by atoms with Gasteiger partial charge in [0.2, 0.25) is 0 Å². The second-order valence-corrected chi connectivity index (χ2v) is 6.22. The smallest absolute Gasteiger partial charge is 0.323 e. The highest BCUT2D eigenvalue weighted by molar-refractivity contribution is 5.87. The second kappa shape index (κ2) is 7.40. The number of hydrogen-bond donors (Lipinski definition) is 2. The summed E-state index contributed by atoms with van der Waals surface area (Å²) in [6.07, 6.45) is 0.604. The van der Waals surface area contributed by atoms with Crippen LogP contribution in [-0.4, -0.2) is 31.2 Å². The molecular formula is C20H21ClN2O3. The molecule has 0 saturated heterocycles. The van der Waals surface area contributed by atoms with Crippen LogP contribution in [0.25, 0.3) is 10.9 Å². The number of ether oxygens (including phenoxy) is 2. The Hall–Kier alpha value is -2.50. The number of para-hydroxylation sites is 1. The Labute approximate surface area is 158 Å². The fourth-order valence-corrected chi connectivity index (χ4v) is 3.61. The molecule has 1 aliphatic rings. The molecule has 5 nitrogen and oxygen atoms in total. The first kappa shape index (κ1) is 18.3. The minimum atomic E-state index is -0.382. The average molecular weight is 373 g/mol. The van der Waals surface area contributed by atoms with E-state index in [9.17, 15) is 4.79 Å². The van der Waals surface area contributed by atoms with Crippen molar-refractivity contribution in [3.8, 4) is 5.75 Å². The Balaban J connectivity index is 0.00000196. The number of aromatic nitrogens is 1. The number of benzene rings is 2. The van der Waals surface area contributed by atoms with Gasteiger partial charge in [0.05, 0.1) is 20.3 Å². The molecule has 0 radical (unpaired) electrons. The zero-order valence-corrected chi connectivity index (χ0v) is 15.4. The van der Waals surface area contributed by atoms with Crippen LogP contribution in [0.3, 0.4) is 0 Å². The van der Waals surface area contributed by atoms with E-state index in [0.717, 1.165) is 33.5 Å². The number of methoxy groups -OCH3 is 2. The molecule has 2 aromatic carbocycles. The Bertz CT molecular complexity index is 938. The summed E-state index contributed by atoms with van der Waals surface area (Å²) >= 11 is 0. The van der Waals surface area contributed by atoms with Crippen molar-refractivity contribution in [3.05, 3.63) is 65.4 Å². The molecule has 1 aliphatic heterocycles. The largest absolute Gasteiger partial charge is 0.497 e. The summed E-state index contributed by atoms with van der Waals surface area (Å²) in [7, 11) is 3.08. The molecule has 0 spiro atoms. The van der Waals surface area contributed by atoms with Gasteiger partial charge in [0.15, 0.2) is 0 Å². The average Bonchev–Trinajstić information content (AvgIpc) is 3.05. The predicted octanol–water partition coefficient (Wildman–Crippen LogP) is 3.38. The lowest BCUT2D eigenvalue weighted by atomic mass is 9.90. The molecular weight excluding hydrogens is 352 g/mol. The number of H-pyrrole nitrogens is 1. The van der Waals surface area contributed by atoms with Gasteiger partial charge >= 0.3 is 5.97 Å². The van der Waals surface area contributed by atoms with Crippen LogP contribution in [0, 0.1) is 0 Å². The van der Waals surface area contributed by atoms with Crippen LogP contribution in [0.2, 0.25) is 0 Å². The third kappa shape index (κ3) is 3.04. The highest BCUT2D eigenvalue weighted by atomic mass is 35.5. The van der Waals surface area contributed by atoms with Gasteiger partial charge in [0, 0.05) is 23.0 Å². The number of hydrogen-bond acceptors (Lipinski definition) is 4. The van der Waals surface area contributed by atoms with Crippen molar-refractivity contribution in [2.75, 3.05) is 14.2 Å². The third-order valence-corrected chi connectivity index (χ3v) is 4.82. The topological polar surface area (TPSA) is 63.4 Å². The van der Waals surface area contributed by atoms with E-state index in [-0.39, 0.29) is 30.5 Å². The molecule has 136 valence electrons. The molecule has 4 rings (SSSR count). The molecule has 3 aromatic rings. The first-order valence-electron chi connectivity index (χ1n) is 8.28. The second-order valence-electron chi connectivity index (χ2n) is 6.22. The Morgan fingerprint density at radius 2 is 1.92 bits per heavy atom. The van der Waals surface area contributed by atoms with Crippen molar-refractivity contribution in [2.45, 2.75) is 18.5 Å². The van der Waals surface area contributed by atoms with Gasteiger partial charge < -0.3 is 14.5 Å². The first-order chi connectivity index (χ1) is 12.2. The fraction of sp³-hybridized carbons (Fsp3) is 0.250. The molecule has 26 heavy (non-hydrogen) atoms. The normalized spacial score (nSPS) is 18.7. The van der Waals surface area contributed by atoms with Gasteiger partial charge in [-0.05, 0) is 29.3 Å². The number of fused-ring (bicyclic) bond motifs is 3. The summed E-state index contributed by atoms with van der Waals surface area (Å²) in [5.41, 5.74) is 4.38. The number of nitrogens with one attached hydrogen (secondary N) is 2. The monoisotopic (exact) mass is 372 g/mol. The molecule has 0 saturated carbocycles. The molecule has 2 unspecified atom stereocenters. The van der Waals surface area contributed by atoms with E-state index in [0.29, 0.717) is 6.42 Å². The van der Waals surface area contributed by atoms with Gasteiger partial charge in [-0.3, -0.25) is 10.1 Å². The summed E-state index contributed by atoms with van der Waals surface area (Å²) in [4.78, 5) is 15.7. The minimum absolute atomic E-state index is 0. The van der Waals surface area contributed by atoms with Crippen molar-refractivity contribution in [3.63, 3.8) is 0 Å². The van der Waals surface area contributed by atoms with Crippen molar-refractivity contribution in [1.29, 1.82) is 0 Å². The van der Waals surface area contributed by atoms with E-state index in [1.165, 1.54) is 7.11 Å². The lowest BCUT2D eigenvalue weighted by molar-refractivity contribution is -0.143. The van der Waals surface area contributed by atoms with Crippen molar-refractivity contribution in [1.82, 2.24) is 10.3 Å². The zero-order valence-electron chi connectivity index (χ0n) is 14.6. The van der Waals surface area contributed by atoms with Crippen molar-refractivity contribution in [2.24, 2.45) is 0 Å². The standard InChI is InChI=1S/C20H20N2O3.ClH/c1-24-13-7-5-6-12(10-13)18-19-15(11-17(22-18)20(23)25-2)14-8-3-4-9-16(14)21-19;/h3-10,17-18,21-22H,11H2,1-2H3;1H. The highest BCUT2D eigenvalue weighted by Gasteiger charge is 2.34. The summed E-state index contributed by atoms with van der Waals surface area (Å²) in [5.74, 6) is 0.543. The minimum Gasteiger partial charge on any atom is -0.497 e. The SMILES string of the molecule is COC(=O)C1Cc2c([nH]c3ccccc23)C(c2cccc(OC)c2)N1.Cl. The number of aromatic amines is 1. The van der Waals surface area contributed by atoms with Gasteiger partial charge in [-0.15, -0.1) is 12.4 Å².